The van der Waals surface area contributed by atoms with Crippen molar-refractivity contribution in [3.8, 4) is 0 Å². The third kappa shape index (κ3) is 30.5. The molecule has 0 bridgehead atoms. The average molecular weight is 686 g/mol. The van der Waals surface area contributed by atoms with Gasteiger partial charge in [0.2, 0.25) is 0 Å². The van der Waals surface area contributed by atoms with Crippen LogP contribution in [0.2, 0.25) is 0 Å². The Morgan fingerprint density at radius 3 is 0.980 bits per heavy atom. The van der Waals surface area contributed by atoms with Crippen molar-refractivity contribution in [3.05, 3.63) is 18.2 Å². The van der Waals surface area contributed by atoms with Crippen LogP contribution in [0.3, 0.4) is 0 Å². The molecular weight excluding hydrogens is 593 g/mol. The zero-order valence-electron chi connectivity index (χ0n) is 34.5. The number of aryl methyl sites for hydroxylation is 2. The highest BCUT2D eigenvalue weighted by Crippen LogP contribution is 2.17. The SMILES string of the molecule is CCCCCCCCCCCCCCCCCCCn1cc[n+](CCCCCCCCC)c1CCCCCCCCCCCCCCCC. The van der Waals surface area contributed by atoms with Crippen LogP contribution in [0, 0.1) is 0 Å². The van der Waals surface area contributed by atoms with Crippen LogP contribution in [-0.2, 0) is 19.5 Å². The topological polar surface area (TPSA) is 8.81 Å². The summed E-state index contributed by atoms with van der Waals surface area (Å²) in [6.07, 6.45) is 60.8. The number of aromatic nitrogens is 2. The second-order valence-electron chi connectivity index (χ2n) is 16.2. The van der Waals surface area contributed by atoms with E-state index in [0.717, 1.165) is 0 Å². The number of nitrogens with zero attached hydrogens (tertiary/aromatic N) is 2. The number of hydrogen-bond donors (Lipinski definition) is 0. The van der Waals surface area contributed by atoms with Crippen LogP contribution in [-0.4, -0.2) is 4.57 Å². The van der Waals surface area contributed by atoms with Gasteiger partial charge >= 0.3 is 0 Å². The lowest BCUT2D eigenvalue weighted by Gasteiger charge is -2.07. The van der Waals surface area contributed by atoms with E-state index in [-0.39, 0.29) is 0 Å². The van der Waals surface area contributed by atoms with E-state index in [9.17, 15) is 0 Å². The van der Waals surface area contributed by atoms with Crippen molar-refractivity contribution in [3.63, 3.8) is 0 Å². The predicted octanol–water partition coefficient (Wildman–Crippen LogP) is 16.2. The lowest BCUT2D eigenvalue weighted by Crippen LogP contribution is -2.37. The van der Waals surface area contributed by atoms with Gasteiger partial charge in [-0.1, -0.05) is 233 Å². The summed E-state index contributed by atoms with van der Waals surface area (Å²) >= 11 is 0. The van der Waals surface area contributed by atoms with E-state index >= 15 is 0 Å². The monoisotopic (exact) mass is 686 g/mol. The molecule has 0 amide bonds. The van der Waals surface area contributed by atoms with Crippen LogP contribution in [0.15, 0.2) is 12.4 Å². The van der Waals surface area contributed by atoms with E-state index in [1.807, 2.05) is 0 Å². The van der Waals surface area contributed by atoms with Gasteiger partial charge in [0.05, 0.1) is 13.1 Å². The molecule has 0 aliphatic carbocycles. The number of hydrogen-bond acceptors (Lipinski definition) is 0. The van der Waals surface area contributed by atoms with Crippen LogP contribution >= 0.6 is 0 Å². The molecule has 0 atom stereocenters. The first kappa shape index (κ1) is 46.2. The molecule has 0 saturated carbocycles. The molecular formula is C47H93N2+. The van der Waals surface area contributed by atoms with Crippen molar-refractivity contribution in [1.82, 2.24) is 4.57 Å². The van der Waals surface area contributed by atoms with Crippen molar-refractivity contribution in [1.29, 1.82) is 0 Å². The quantitative estimate of drug-likeness (QED) is 0.0479. The molecule has 1 heterocycles. The summed E-state index contributed by atoms with van der Waals surface area (Å²) in [4.78, 5) is 0. The minimum absolute atomic E-state index is 1.23. The Hall–Kier alpha value is -0.790. The van der Waals surface area contributed by atoms with E-state index in [2.05, 4.69) is 42.3 Å². The third-order valence-electron chi connectivity index (χ3n) is 11.3. The van der Waals surface area contributed by atoms with Gasteiger partial charge in [-0.05, 0) is 32.1 Å². The first-order chi connectivity index (χ1) is 24.3. The molecule has 0 N–H and O–H groups in total. The van der Waals surface area contributed by atoms with Gasteiger partial charge in [0.25, 0.3) is 5.82 Å². The Morgan fingerprint density at radius 1 is 0.347 bits per heavy atom. The Labute approximate surface area is 310 Å². The highest BCUT2D eigenvalue weighted by molar-refractivity contribution is 4.84. The molecule has 2 nitrogen and oxygen atoms in total. The van der Waals surface area contributed by atoms with Crippen LogP contribution in [0.5, 0.6) is 0 Å². The Kier molecular flexibility index (Phi) is 36.3. The van der Waals surface area contributed by atoms with Crippen LogP contribution < -0.4 is 4.57 Å². The highest BCUT2D eigenvalue weighted by atomic mass is 15.1. The minimum Gasteiger partial charge on any atom is -0.234 e. The molecule has 49 heavy (non-hydrogen) atoms. The standard InChI is InChI=1S/C47H93N2/c1-4-7-10-13-16-18-20-22-24-25-26-28-30-32-35-38-41-44-49-46-45-48(43-40-37-34-15-12-9-6-3)47(49)42-39-36-33-31-29-27-23-21-19-17-14-11-8-5-2/h45-46H,4-44H2,1-3H3/q+1. The van der Waals surface area contributed by atoms with Gasteiger partial charge in [-0.3, -0.25) is 0 Å². The first-order valence-corrected chi connectivity index (χ1v) is 23.4. The molecule has 2 heteroatoms. The van der Waals surface area contributed by atoms with Gasteiger partial charge in [-0.25, -0.2) is 9.13 Å². The maximum Gasteiger partial charge on any atom is 0.256 e. The first-order valence-electron chi connectivity index (χ1n) is 23.4. The van der Waals surface area contributed by atoms with Gasteiger partial charge in [0.15, 0.2) is 0 Å². The smallest absolute Gasteiger partial charge is 0.234 e. The molecule has 0 saturated heterocycles. The fourth-order valence-corrected chi connectivity index (χ4v) is 7.92. The fraction of sp³-hybridized carbons (Fsp3) is 0.936. The average Bonchev–Trinajstić information content (AvgIpc) is 3.50. The largest absolute Gasteiger partial charge is 0.256 e. The number of rotatable bonds is 41. The number of imidazole rings is 1. The Balaban J connectivity index is 2.19. The zero-order chi connectivity index (χ0) is 35.1. The Morgan fingerprint density at radius 2 is 0.633 bits per heavy atom. The Bertz CT molecular complexity index is 751. The summed E-state index contributed by atoms with van der Waals surface area (Å²) in [6.45, 7) is 9.41. The maximum absolute atomic E-state index is 2.65. The summed E-state index contributed by atoms with van der Waals surface area (Å²) in [5.74, 6) is 1.63. The fourth-order valence-electron chi connectivity index (χ4n) is 7.92. The van der Waals surface area contributed by atoms with Crippen molar-refractivity contribution < 1.29 is 4.57 Å². The normalized spacial score (nSPS) is 11.7. The van der Waals surface area contributed by atoms with E-state index in [0.29, 0.717) is 0 Å². The predicted molar refractivity (Wildman–Crippen MR) is 221 cm³/mol. The molecule has 0 spiro atoms. The molecule has 290 valence electrons. The molecule has 0 aliphatic heterocycles. The molecule has 0 aromatic carbocycles. The van der Waals surface area contributed by atoms with E-state index < -0.39 is 0 Å². The van der Waals surface area contributed by atoms with E-state index in [1.54, 1.807) is 5.82 Å². The summed E-state index contributed by atoms with van der Waals surface area (Å²) < 4.78 is 5.29. The molecule has 1 aromatic rings. The maximum atomic E-state index is 2.65. The molecule has 0 aliphatic rings. The van der Waals surface area contributed by atoms with Crippen LogP contribution in [0.4, 0.5) is 0 Å². The summed E-state index contributed by atoms with van der Waals surface area (Å²) in [5.41, 5.74) is 0. The van der Waals surface area contributed by atoms with Gasteiger partial charge < -0.3 is 0 Å². The minimum atomic E-state index is 1.23. The summed E-state index contributed by atoms with van der Waals surface area (Å²) in [6, 6.07) is 0. The molecule has 1 aromatic heterocycles. The summed E-state index contributed by atoms with van der Waals surface area (Å²) in [5, 5.41) is 0. The van der Waals surface area contributed by atoms with Gasteiger partial charge in [-0.15, -0.1) is 0 Å². The van der Waals surface area contributed by atoms with Gasteiger partial charge in [-0.2, -0.15) is 0 Å². The summed E-state index contributed by atoms with van der Waals surface area (Å²) in [7, 11) is 0. The molecule has 1 rings (SSSR count). The second kappa shape index (κ2) is 38.4. The van der Waals surface area contributed by atoms with Gasteiger partial charge in [0, 0.05) is 6.42 Å². The lowest BCUT2D eigenvalue weighted by atomic mass is 10.0. The molecule has 0 radical (unpaired) electrons. The van der Waals surface area contributed by atoms with Crippen molar-refractivity contribution in [2.24, 2.45) is 0 Å². The number of unbranched alkanes of at least 4 members (excludes halogenated alkanes) is 35. The highest BCUT2D eigenvalue weighted by Gasteiger charge is 2.16. The third-order valence-corrected chi connectivity index (χ3v) is 11.3. The van der Waals surface area contributed by atoms with Crippen LogP contribution in [0.25, 0.3) is 0 Å². The van der Waals surface area contributed by atoms with Crippen molar-refractivity contribution >= 4 is 0 Å². The van der Waals surface area contributed by atoms with Crippen LogP contribution in [0.1, 0.15) is 271 Å². The second-order valence-corrected chi connectivity index (χ2v) is 16.2. The van der Waals surface area contributed by atoms with Gasteiger partial charge in [0.1, 0.15) is 12.4 Å². The molecule has 0 fully saturated rings. The van der Waals surface area contributed by atoms with E-state index in [1.165, 1.54) is 264 Å². The van der Waals surface area contributed by atoms with E-state index in [4.69, 9.17) is 0 Å². The molecule has 0 unspecified atom stereocenters. The van der Waals surface area contributed by atoms with Crippen molar-refractivity contribution in [2.75, 3.05) is 0 Å². The van der Waals surface area contributed by atoms with Crippen molar-refractivity contribution in [2.45, 2.75) is 284 Å². The zero-order valence-corrected chi connectivity index (χ0v) is 34.5. The lowest BCUT2D eigenvalue weighted by molar-refractivity contribution is -0.704.